The van der Waals surface area contributed by atoms with Crippen LogP contribution in [-0.4, -0.2) is 0 Å². The summed E-state index contributed by atoms with van der Waals surface area (Å²) < 4.78 is 0. The summed E-state index contributed by atoms with van der Waals surface area (Å²) in [5, 5.41) is 0. The second kappa shape index (κ2) is 1.78. The summed E-state index contributed by atoms with van der Waals surface area (Å²) in [5.41, 5.74) is 1.19. The molecule has 1 radical (unpaired) electrons. The molecule has 0 fully saturated rings. The van der Waals surface area contributed by atoms with Crippen LogP contribution in [0.1, 0.15) is 0 Å². The molecule has 0 aromatic rings. The van der Waals surface area contributed by atoms with E-state index >= 15 is 0 Å². The van der Waals surface area contributed by atoms with E-state index in [0.29, 0.717) is 0 Å². The van der Waals surface area contributed by atoms with Gasteiger partial charge in [-0.1, -0.05) is 30.4 Å². The maximum Gasteiger partial charge on any atom is -0.0297 e. The molecular weight excluding hydrogens is 84.1 g/mol. The molecule has 0 aromatic carbocycles. The molecule has 0 nitrogen and oxygen atoms in total. The number of allylic oxidation sites excluding steroid dienone is 6. The van der Waals surface area contributed by atoms with E-state index in [0.717, 1.165) is 0 Å². The third-order valence-electron chi connectivity index (χ3n) is 0.924. The Morgan fingerprint density at radius 3 is 2.14 bits per heavy atom. The second-order valence-corrected chi connectivity index (χ2v) is 1.42. The fraction of sp³-hybridized carbons (Fsp3) is 0. The lowest BCUT2D eigenvalue weighted by atomic mass is 10.3. The molecule has 0 N–H and O–H groups in total. The van der Waals surface area contributed by atoms with Gasteiger partial charge in [0.25, 0.3) is 0 Å². The SMILES string of the molecule is [CH2]C=C1C=CC=C1. The Morgan fingerprint density at radius 1 is 1.29 bits per heavy atom. The summed E-state index contributed by atoms with van der Waals surface area (Å²) in [6, 6.07) is 0. The highest BCUT2D eigenvalue weighted by Gasteiger charge is 1.84. The summed E-state index contributed by atoms with van der Waals surface area (Å²) in [4.78, 5) is 0. The molecule has 0 aliphatic heterocycles. The highest BCUT2D eigenvalue weighted by atomic mass is 13.9. The fourth-order valence-electron chi connectivity index (χ4n) is 0.525. The Kier molecular flexibility index (Phi) is 1.12. The first-order valence-corrected chi connectivity index (χ1v) is 2.27. The zero-order chi connectivity index (χ0) is 5.11. The number of rotatable bonds is 0. The van der Waals surface area contributed by atoms with E-state index in [1.165, 1.54) is 5.57 Å². The minimum absolute atomic E-state index is 1.19. The predicted octanol–water partition coefficient (Wildman–Crippen LogP) is 1.87. The van der Waals surface area contributed by atoms with Crippen molar-refractivity contribution in [1.82, 2.24) is 0 Å². The van der Waals surface area contributed by atoms with Gasteiger partial charge in [0.2, 0.25) is 0 Å². The molecule has 1 rings (SSSR count). The van der Waals surface area contributed by atoms with Crippen molar-refractivity contribution in [2.24, 2.45) is 0 Å². The third-order valence-corrected chi connectivity index (χ3v) is 0.924. The molecule has 0 amide bonds. The molecule has 0 spiro atoms. The van der Waals surface area contributed by atoms with Gasteiger partial charge in [-0.15, -0.1) is 0 Å². The van der Waals surface area contributed by atoms with Crippen molar-refractivity contribution in [2.75, 3.05) is 0 Å². The summed E-state index contributed by atoms with van der Waals surface area (Å²) in [6.45, 7) is 3.60. The lowest BCUT2D eigenvalue weighted by Gasteiger charge is -1.77. The first kappa shape index (κ1) is 4.38. The lowest BCUT2D eigenvalue weighted by molar-refractivity contribution is 1.77. The van der Waals surface area contributed by atoms with Crippen LogP contribution in [0.25, 0.3) is 0 Å². The molecular formula is C7H7. The van der Waals surface area contributed by atoms with Crippen molar-refractivity contribution in [3.63, 3.8) is 0 Å². The molecule has 1 aliphatic carbocycles. The minimum Gasteiger partial charge on any atom is -0.0770 e. The van der Waals surface area contributed by atoms with Crippen LogP contribution < -0.4 is 0 Å². The van der Waals surface area contributed by atoms with Crippen molar-refractivity contribution in [2.45, 2.75) is 0 Å². The summed E-state index contributed by atoms with van der Waals surface area (Å²) >= 11 is 0. The second-order valence-electron chi connectivity index (χ2n) is 1.42. The van der Waals surface area contributed by atoms with Gasteiger partial charge in [-0.25, -0.2) is 0 Å². The number of hydrogen-bond donors (Lipinski definition) is 0. The van der Waals surface area contributed by atoms with Crippen LogP contribution in [0.3, 0.4) is 0 Å². The Bertz CT molecular complexity index is 122. The molecule has 35 valence electrons. The van der Waals surface area contributed by atoms with Gasteiger partial charge in [-0.3, -0.25) is 0 Å². The summed E-state index contributed by atoms with van der Waals surface area (Å²) in [7, 11) is 0. The number of hydrogen-bond acceptors (Lipinski definition) is 0. The van der Waals surface area contributed by atoms with Gasteiger partial charge in [-0.05, 0) is 12.5 Å². The van der Waals surface area contributed by atoms with E-state index in [4.69, 9.17) is 0 Å². The van der Waals surface area contributed by atoms with Gasteiger partial charge in [0.15, 0.2) is 0 Å². The van der Waals surface area contributed by atoms with E-state index in [2.05, 4.69) is 6.92 Å². The fourth-order valence-corrected chi connectivity index (χ4v) is 0.525. The first-order valence-electron chi connectivity index (χ1n) is 2.27. The molecule has 1 aliphatic rings. The van der Waals surface area contributed by atoms with E-state index < -0.39 is 0 Å². The molecule has 0 saturated carbocycles. The molecule has 0 heteroatoms. The molecule has 0 heterocycles. The van der Waals surface area contributed by atoms with Gasteiger partial charge >= 0.3 is 0 Å². The summed E-state index contributed by atoms with van der Waals surface area (Å²) in [6.07, 6.45) is 9.87. The Balaban J connectivity index is 2.79. The minimum atomic E-state index is 1.19. The monoisotopic (exact) mass is 91.1 g/mol. The first-order chi connectivity index (χ1) is 3.43. The highest BCUT2D eigenvalue weighted by molar-refractivity contribution is 5.40. The average Bonchev–Trinajstić information content (AvgIpc) is 2.14. The molecule has 0 bridgehead atoms. The normalized spacial score (nSPS) is 15.9. The van der Waals surface area contributed by atoms with E-state index in [1.807, 2.05) is 30.4 Å². The van der Waals surface area contributed by atoms with Crippen LogP contribution in [0.4, 0.5) is 0 Å². The zero-order valence-electron chi connectivity index (χ0n) is 4.09. The van der Waals surface area contributed by atoms with Crippen LogP contribution in [0.5, 0.6) is 0 Å². The third kappa shape index (κ3) is 0.801. The summed E-state index contributed by atoms with van der Waals surface area (Å²) in [5.74, 6) is 0. The molecule has 0 saturated heterocycles. The van der Waals surface area contributed by atoms with Crippen LogP contribution >= 0.6 is 0 Å². The van der Waals surface area contributed by atoms with Gasteiger partial charge in [-0.2, -0.15) is 0 Å². The maximum atomic E-state index is 3.60. The average molecular weight is 91.1 g/mol. The van der Waals surface area contributed by atoms with Crippen molar-refractivity contribution < 1.29 is 0 Å². The van der Waals surface area contributed by atoms with Gasteiger partial charge in [0.05, 0.1) is 0 Å². The van der Waals surface area contributed by atoms with Gasteiger partial charge in [0, 0.05) is 0 Å². The van der Waals surface area contributed by atoms with Crippen LogP contribution in [-0.2, 0) is 0 Å². The van der Waals surface area contributed by atoms with Gasteiger partial charge in [0.1, 0.15) is 0 Å². The van der Waals surface area contributed by atoms with Crippen molar-refractivity contribution >= 4 is 0 Å². The lowest BCUT2D eigenvalue weighted by Crippen LogP contribution is -1.58. The van der Waals surface area contributed by atoms with Crippen LogP contribution in [0.2, 0.25) is 0 Å². The van der Waals surface area contributed by atoms with E-state index in [-0.39, 0.29) is 0 Å². The van der Waals surface area contributed by atoms with Crippen LogP contribution in [0.15, 0.2) is 36.0 Å². The predicted molar refractivity (Wildman–Crippen MR) is 31.7 cm³/mol. The Morgan fingerprint density at radius 2 is 1.86 bits per heavy atom. The molecule has 0 atom stereocenters. The molecule has 0 unspecified atom stereocenters. The van der Waals surface area contributed by atoms with Crippen LogP contribution in [0, 0.1) is 6.92 Å². The Hall–Kier alpha value is -0.780. The zero-order valence-corrected chi connectivity index (χ0v) is 4.09. The van der Waals surface area contributed by atoms with Gasteiger partial charge < -0.3 is 0 Å². The van der Waals surface area contributed by atoms with Crippen molar-refractivity contribution in [3.05, 3.63) is 42.9 Å². The standard InChI is InChI=1S/C7H7/c1-2-7-5-3-4-6-7/h2-6H,1H2. The molecule has 0 aromatic heterocycles. The molecule has 7 heavy (non-hydrogen) atoms. The smallest absolute Gasteiger partial charge is 0.0297 e. The topological polar surface area (TPSA) is 0 Å². The quantitative estimate of drug-likeness (QED) is 0.427. The Labute approximate surface area is 43.9 Å². The van der Waals surface area contributed by atoms with Crippen molar-refractivity contribution in [3.8, 4) is 0 Å². The maximum absolute atomic E-state index is 3.60. The highest BCUT2D eigenvalue weighted by Crippen LogP contribution is 2.04. The largest absolute Gasteiger partial charge is 0.0770 e. The van der Waals surface area contributed by atoms with E-state index in [9.17, 15) is 0 Å². The van der Waals surface area contributed by atoms with E-state index in [1.54, 1.807) is 0 Å². The van der Waals surface area contributed by atoms with Crippen molar-refractivity contribution in [1.29, 1.82) is 0 Å².